The van der Waals surface area contributed by atoms with Gasteiger partial charge in [-0.25, -0.2) is 0 Å². The summed E-state index contributed by atoms with van der Waals surface area (Å²) in [6, 6.07) is 3.58. The highest BCUT2D eigenvalue weighted by Crippen LogP contribution is 2.06. The number of nitrogens with zero attached hydrogens (tertiary/aromatic N) is 2. The van der Waals surface area contributed by atoms with Gasteiger partial charge in [0.05, 0.1) is 6.20 Å². The van der Waals surface area contributed by atoms with Crippen molar-refractivity contribution in [2.24, 2.45) is 0 Å². The van der Waals surface area contributed by atoms with Gasteiger partial charge in [0.25, 0.3) is 5.91 Å². The number of halogens is 2. The molecule has 0 unspecified atom stereocenters. The minimum atomic E-state index is 0. The quantitative estimate of drug-likeness (QED) is 0.909. The van der Waals surface area contributed by atoms with E-state index in [4.69, 9.17) is 4.74 Å². The fraction of sp³-hybridized carbons (Fsp3) is 0.500. The molecule has 0 bridgehead atoms. The van der Waals surface area contributed by atoms with E-state index in [1.54, 1.807) is 24.5 Å². The molecule has 1 amide bonds. The van der Waals surface area contributed by atoms with Gasteiger partial charge >= 0.3 is 0 Å². The topological polar surface area (TPSA) is 54.5 Å². The van der Waals surface area contributed by atoms with Crippen LogP contribution in [0.2, 0.25) is 0 Å². The summed E-state index contributed by atoms with van der Waals surface area (Å²) in [4.78, 5) is 17.7. The minimum Gasteiger partial charge on any atom is -0.482 e. The van der Waals surface area contributed by atoms with E-state index in [2.05, 4.69) is 10.3 Å². The van der Waals surface area contributed by atoms with Gasteiger partial charge in [0, 0.05) is 25.8 Å². The Kier molecular flexibility index (Phi) is 9.30. The third-order valence-corrected chi connectivity index (χ3v) is 2.69. The smallest absolute Gasteiger partial charge is 0.260 e. The molecule has 1 aromatic heterocycles. The van der Waals surface area contributed by atoms with Crippen molar-refractivity contribution in [3.63, 3.8) is 0 Å². The summed E-state index contributed by atoms with van der Waals surface area (Å²) in [5, 5.41) is 3.26. The van der Waals surface area contributed by atoms with E-state index in [0.717, 1.165) is 32.6 Å². The predicted octanol–water partition coefficient (Wildman–Crippen LogP) is 1.13. The summed E-state index contributed by atoms with van der Waals surface area (Å²) >= 11 is 0. The molecule has 0 aromatic carbocycles. The number of aromatic nitrogens is 1. The van der Waals surface area contributed by atoms with Crippen LogP contribution in [-0.2, 0) is 4.79 Å². The molecule has 1 aliphatic rings. The molecule has 7 heteroatoms. The Morgan fingerprint density at radius 3 is 2.95 bits per heavy atom. The van der Waals surface area contributed by atoms with Crippen LogP contribution in [0.3, 0.4) is 0 Å². The molecule has 0 aliphatic carbocycles. The Balaban J connectivity index is 0.00000162. The van der Waals surface area contributed by atoms with Gasteiger partial charge in [-0.15, -0.1) is 24.8 Å². The molecule has 0 radical (unpaired) electrons. The molecule has 0 saturated carbocycles. The first-order chi connectivity index (χ1) is 8.36. The molecule has 2 rings (SSSR count). The molecule has 1 saturated heterocycles. The normalized spacial score (nSPS) is 14.6. The van der Waals surface area contributed by atoms with E-state index < -0.39 is 0 Å². The van der Waals surface area contributed by atoms with Crippen molar-refractivity contribution < 1.29 is 9.53 Å². The lowest BCUT2D eigenvalue weighted by molar-refractivity contribution is -0.133. The van der Waals surface area contributed by atoms with Crippen LogP contribution in [0.5, 0.6) is 5.75 Å². The van der Waals surface area contributed by atoms with Crippen molar-refractivity contribution in [1.82, 2.24) is 15.2 Å². The highest BCUT2D eigenvalue weighted by molar-refractivity contribution is 5.85. The summed E-state index contributed by atoms with van der Waals surface area (Å²) in [7, 11) is 0. The SMILES string of the molecule is Cl.Cl.O=C(COc1cccnc1)N1CCCNCC1. The Morgan fingerprint density at radius 1 is 1.37 bits per heavy atom. The fourth-order valence-corrected chi connectivity index (χ4v) is 1.76. The van der Waals surface area contributed by atoms with Gasteiger partial charge in [-0.1, -0.05) is 0 Å². The zero-order valence-corrected chi connectivity index (χ0v) is 12.2. The first-order valence-electron chi connectivity index (χ1n) is 5.87. The first-order valence-corrected chi connectivity index (χ1v) is 5.87. The molecule has 1 aliphatic heterocycles. The van der Waals surface area contributed by atoms with Gasteiger partial charge in [-0.3, -0.25) is 9.78 Å². The number of carbonyl (C=O) groups excluding carboxylic acids is 1. The van der Waals surface area contributed by atoms with Crippen molar-refractivity contribution >= 4 is 30.7 Å². The van der Waals surface area contributed by atoms with Crippen LogP contribution in [0.25, 0.3) is 0 Å². The standard InChI is InChI=1S/C12H17N3O2.2ClH/c16-12(15-7-2-5-13-6-8-15)10-17-11-3-1-4-14-9-11;;/h1,3-4,9,13H,2,5-8,10H2;2*1H. The number of hydrogen-bond donors (Lipinski definition) is 1. The molecular weight excluding hydrogens is 289 g/mol. The van der Waals surface area contributed by atoms with Crippen LogP contribution >= 0.6 is 24.8 Å². The minimum absolute atomic E-state index is 0. The number of carbonyl (C=O) groups is 1. The molecule has 2 heterocycles. The van der Waals surface area contributed by atoms with Crippen LogP contribution in [0.4, 0.5) is 0 Å². The molecule has 1 N–H and O–H groups in total. The van der Waals surface area contributed by atoms with Crippen molar-refractivity contribution in [2.45, 2.75) is 6.42 Å². The molecule has 19 heavy (non-hydrogen) atoms. The van der Waals surface area contributed by atoms with Gasteiger partial charge in [0.2, 0.25) is 0 Å². The average molecular weight is 308 g/mol. The third-order valence-electron chi connectivity index (χ3n) is 2.69. The predicted molar refractivity (Wildman–Crippen MR) is 78.3 cm³/mol. The monoisotopic (exact) mass is 307 g/mol. The van der Waals surface area contributed by atoms with Crippen molar-refractivity contribution in [2.75, 3.05) is 32.8 Å². The highest BCUT2D eigenvalue weighted by Gasteiger charge is 2.15. The summed E-state index contributed by atoms with van der Waals surface area (Å²) in [6.07, 6.45) is 4.28. The van der Waals surface area contributed by atoms with E-state index in [9.17, 15) is 4.79 Å². The van der Waals surface area contributed by atoms with Crippen LogP contribution in [0, 0.1) is 0 Å². The van der Waals surface area contributed by atoms with Gasteiger partial charge in [0.1, 0.15) is 5.75 Å². The third kappa shape index (κ3) is 6.09. The molecule has 1 fully saturated rings. The van der Waals surface area contributed by atoms with E-state index in [-0.39, 0.29) is 37.3 Å². The zero-order valence-electron chi connectivity index (χ0n) is 10.6. The zero-order chi connectivity index (χ0) is 11.9. The maximum atomic E-state index is 11.9. The Morgan fingerprint density at radius 2 is 2.21 bits per heavy atom. The second-order valence-electron chi connectivity index (χ2n) is 3.96. The van der Waals surface area contributed by atoms with Crippen molar-refractivity contribution in [3.8, 4) is 5.75 Å². The average Bonchev–Trinajstić information content (AvgIpc) is 2.66. The number of hydrogen-bond acceptors (Lipinski definition) is 4. The van der Waals surface area contributed by atoms with Gasteiger partial charge in [-0.05, 0) is 25.1 Å². The Hall–Kier alpha value is -1.04. The van der Waals surface area contributed by atoms with Crippen LogP contribution in [0.15, 0.2) is 24.5 Å². The maximum absolute atomic E-state index is 11.9. The lowest BCUT2D eigenvalue weighted by Gasteiger charge is -2.19. The number of pyridine rings is 1. The second kappa shape index (κ2) is 9.83. The summed E-state index contributed by atoms with van der Waals surface area (Å²) in [5.41, 5.74) is 0. The maximum Gasteiger partial charge on any atom is 0.260 e. The second-order valence-corrected chi connectivity index (χ2v) is 3.96. The molecule has 0 spiro atoms. The van der Waals surface area contributed by atoms with Gasteiger partial charge in [-0.2, -0.15) is 0 Å². The summed E-state index contributed by atoms with van der Waals surface area (Å²) < 4.78 is 5.39. The van der Waals surface area contributed by atoms with Crippen LogP contribution < -0.4 is 10.1 Å². The highest BCUT2D eigenvalue weighted by atomic mass is 35.5. The molecule has 1 aromatic rings. The molecule has 108 valence electrons. The van der Waals surface area contributed by atoms with E-state index in [1.807, 2.05) is 4.90 Å². The number of rotatable bonds is 3. The van der Waals surface area contributed by atoms with Crippen LogP contribution in [0.1, 0.15) is 6.42 Å². The van der Waals surface area contributed by atoms with Crippen LogP contribution in [-0.4, -0.2) is 48.6 Å². The molecule has 0 atom stereocenters. The Labute approximate surface area is 125 Å². The first kappa shape index (κ1) is 18.0. The van der Waals surface area contributed by atoms with E-state index in [1.165, 1.54) is 0 Å². The van der Waals surface area contributed by atoms with Gasteiger partial charge < -0.3 is 15.0 Å². The lowest BCUT2D eigenvalue weighted by Crippen LogP contribution is -2.37. The Bertz CT molecular complexity index is 357. The summed E-state index contributed by atoms with van der Waals surface area (Å²) in [6.45, 7) is 3.50. The largest absolute Gasteiger partial charge is 0.482 e. The van der Waals surface area contributed by atoms with Crippen molar-refractivity contribution in [1.29, 1.82) is 0 Å². The lowest BCUT2D eigenvalue weighted by atomic mass is 10.4. The molecular formula is C12H19Cl2N3O2. The van der Waals surface area contributed by atoms with E-state index >= 15 is 0 Å². The fourth-order valence-electron chi connectivity index (χ4n) is 1.76. The number of nitrogens with one attached hydrogen (secondary N) is 1. The van der Waals surface area contributed by atoms with Crippen molar-refractivity contribution in [3.05, 3.63) is 24.5 Å². The van der Waals surface area contributed by atoms with Gasteiger partial charge in [0.15, 0.2) is 6.61 Å². The molecule has 5 nitrogen and oxygen atoms in total. The number of amides is 1. The van der Waals surface area contributed by atoms with E-state index in [0.29, 0.717) is 5.75 Å². The summed E-state index contributed by atoms with van der Waals surface area (Å²) in [5.74, 6) is 0.673. The number of ether oxygens (including phenoxy) is 1.